The largest absolute Gasteiger partial charge is 0.442 e. The maximum Gasteiger partial charge on any atom is 0.265 e. The number of rotatable bonds is 5. The van der Waals surface area contributed by atoms with Crippen LogP contribution in [-0.2, 0) is 13.6 Å². The summed E-state index contributed by atoms with van der Waals surface area (Å²) < 4.78 is 20.7. The van der Waals surface area contributed by atoms with Gasteiger partial charge < -0.3 is 14.3 Å². The molecule has 8 heteroatoms. The Morgan fingerprint density at radius 2 is 2.03 bits per heavy atom. The number of aromatic nitrogens is 2. The fraction of sp³-hybridized carbons (Fsp3) is 0.409. The molecule has 0 unspecified atom stereocenters. The summed E-state index contributed by atoms with van der Waals surface area (Å²) in [6.07, 6.45) is 3.22. The molecular formula is C22H25FN4O3. The lowest BCUT2D eigenvalue weighted by Gasteiger charge is -2.32. The molecule has 1 aliphatic heterocycles. The number of piperidine rings is 1. The Bertz CT molecular complexity index is 1130. The third-order valence-corrected chi connectivity index (χ3v) is 5.79. The number of carbonyl (C=O) groups is 1. The van der Waals surface area contributed by atoms with Crippen molar-refractivity contribution in [3.8, 4) is 0 Å². The lowest BCUT2D eigenvalue weighted by atomic mass is 9.96. The van der Waals surface area contributed by atoms with E-state index in [1.165, 1.54) is 17.0 Å². The number of fused-ring (bicyclic) bond motifs is 1. The molecule has 7 nitrogen and oxygen atoms in total. The summed E-state index contributed by atoms with van der Waals surface area (Å²) in [7, 11) is 1.59. The highest BCUT2D eigenvalue weighted by Gasteiger charge is 2.24. The molecule has 0 spiro atoms. The summed E-state index contributed by atoms with van der Waals surface area (Å²) in [5.41, 5.74) is 0.850. The van der Waals surface area contributed by atoms with Crippen molar-refractivity contribution in [3.63, 3.8) is 0 Å². The van der Waals surface area contributed by atoms with E-state index in [0.717, 1.165) is 25.9 Å². The molecule has 4 rings (SSSR count). The van der Waals surface area contributed by atoms with Crippen molar-refractivity contribution in [3.05, 3.63) is 63.7 Å². The molecule has 30 heavy (non-hydrogen) atoms. The number of amides is 1. The number of hydrogen-bond acceptors (Lipinski definition) is 5. The number of hydrogen-bond donors (Lipinski definition) is 1. The van der Waals surface area contributed by atoms with Crippen molar-refractivity contribution < 1.29 is 13.6 Å². The van der Waals surface area contributed by atoms with Crippen LogP contribution in [-0.4, -0.2) is 40.0 Å². The first-order valence-electron chi connectivity index (χ1n) is 10.1. The van der Waals surface area contributed by atoms with E-state index < -0.39 is 0 Å². The van der Waals surface area contributed by atoms with Crippen LogP contribution < -0.4 is 10.9 Å². The summed E-state index contributed by atoms with van der Waals surface area (Å²) in [4.78, 5) is 31.5. The van der Waals surface area contributed by atoms with Crippen molar-refractivity contribution in [2.24, 2.45) is 13.0 Å². The highest BCUT2D eigenvalue weighted by molar-refractivity contribution is 6.06. The SMILES string of the molecule is Cc1oc2ncn(C)c(=O)c2c1C(=O)NCC1CCN(Cc2ccccc2F)CC1. The zero-order valence-electron chi connectivity index (χ0n) is 17.2. The minimum atomic E-state index is -0.315. The standard InChI is InChI=1S/C22H25FN4O3/c1-14-18(19-21(30-14)25-13-26(2)22(19)29)20(28)24-11-15-7-9-27(10-8-15)12-16-5-3-4-6-17(16)23/h3-6,13,15H,7-12H2,1-2H3,(H,24,28). The predicted octanol–water partition coefficient (Wildman–Crippen LogP) is 2.62. The monoisotopic (exact) mass is 412 g/mol. The van der Waals surface area contributed by atoms with E-state index in [1.54, 1.807) is 20.0 Å². The molecule has 0 bridgehead atoms. The Balaban J connectivity index is 1.35. The van der Waals surface area contributed by atoms with E-state index >= 15 is 0 Å². The van der Waals surface area contributed by atoms with Gasteiger partial charge >= 0.3 is 0 Å². The van der Waals surface area contributed by atoms with E-state index in [4.69, 9.17) is 4.42 Å². The van der Waals surface area contributed by atoms with Crippen LogP contribution in [0.1, 0.15) is 34.5 Å². The molecule has 3 aromatic rings. The van der Waals surface area contributed by atoms with Crippen LogP contribution in [0.3, 0.4) is 0 Å². The second-order valence-corrected chi connectivity index (χ2v) is 7.89. The van der Waals surface area contributed by atoms with Gasteiger partial charge in [0.2, 0.25) is 5.71 Å². The molecule has 0 aliphatic carbocycles. The van der Waals surface area contributed by atoms with Crippen molar-refractivity contribution in [2.45, 2.75) is 26.3 Å². The normalized spacial score (nSPS) is 15.6. The van der Waals surface area contributed by atoms with E-state index in [9.17, 15) is 14.0 Å². The number of benzene rings is 1. The van der Waals surface area contributed by atoms with E-state index in [1.807, 2.05) is 12.1 Å². The van der Waals surface area contributed by atoms with Crippen molar-refractivity contribution in [2.75, 3.05) is 19.6 Å². The van der Waals surface area contributed by atoms with Crippen LogP contribution in [0.15, 0.2) is 39.8 Å². The van der Waals surface area contributed by atoms with E-state index in [-0.39, 0.29) is 33.9 Å². The first kappa shape index (κ1) is 20.3. The first-order valence-corrected chi connectivity index (χ1v) is 10.1. The highest BCUT2D eigenvalue weighted by Crippen LogP contribution is 2.22. The molecule has 1 N–H and O–H groups in total. The van der Waals surface area contributed by atoms with E-state index in [0.29, 0.717) is 30.3 Å². The molecule has 2 aromatic heterocycles. The average Bonchev–Trinajstić information content (AvgIpc) is 3.08. The van der Waals surface area contributed by atoms with Gasteiger partial charge in [-0.15, -0.1) is 0 Å². The predicted molar refractivity (Wildman–Crippen MR) is 111 cm³/mol. The summed E-state index contributed by atoms with van der Waals surface area (Å²) in [6.45, 7) is 4.50. The lowest BCUT2D eigenvalue weighted by Crippen LogP contribution is -2.38. The molecule has 0 saturated carbocycles. The molecule has 0 atom stereocenters. The number of nitrogens with zero attached hydrogens (tertiary/aromatic N) is 3. The van der Waals surface area contributed by atoms with Crippen molar-refractivity contribution in [1.82, 2.24) is 19.8 Å². The Kier molecular flexibility index (Phi) is 5.67. The fourth-order valence-corrected chi connectivity index (χ4v) is 4.00. The van der Waals surface area contributed by atoms with Gasteiger partial charge in [-0.2, -0.15) is 0 Å². The van der Waals surface area contributed by atoms with Gasteiger partial charge in [0, 0.05) is 25.7 Å². The summed E-state index contributed by atoms with van der Waals surface area (Å²) in [5, 5.41) is 3.17. The second-order valence-electron chi connectivity index (χ2n) is 7.89. The average molecular weight is 412 g/mol. The lowest BCUT2D eigenvalue weighted by molar-refractivity contribution is 0.0935. The molecule has 1 aliphatic rings. The summed E-state index contributed by atoms with van der Waals surface area (Å²) >= 11 is 0. The number of aryl methyl sites for hydroxylation is 2. The third kappa shape index (κ3) is 4.00. The maximum absolute atomic E-state index is 13.9. The van der Waals surface area contributed by atoms with Crippen LogP contribution in [0, 0.1) is 18.7 Å². The second kappa shape index (κ2) is 8.39. The third-order valence-electron chi connectivity index (χ3n) is 5.79. The van der Waals surface area contributed by atoms with Gasteiger partial charge in [-0.25, -0.2) is 9.37 Å². The Morgan fingerprint density at radius 1 is 1.30 bits per heavy atom. The molecular weight excluding hydrogens is 387 g/mol. The summed E-state index contributed by atoms with van der Waals surface area (Å²) in [6, 6.07) is 6.86. The molecule has 1 aromatic carbocycles. The topological polar surface area (TPSA) is 80.4 Å². The molecule has 1 saturated heterocycles. The molecule has 0 radical (unpaired) electrons. The number of halogens is 1. The molecule has 3 heterocycles. The smallest absolute Gasteiger partial charge is 0.265 e. The number of nitrogens with one attached hydrogen (secondary N) is 1. The Hall–Kier alpha value is -3.00. The zero-order valence-corrected chi connectivity index (χ0v) is 17.2. The van der Waals surface area contributed by atoms with Gasteiger partial charge in [-0.1, -0.05) is 18.2 Å². The number of likely N-dealkylation sites (tertiary alicyclic amines) is 1. The zero-order chi connectivity index (χ0) is 21.3. The van der Waals surface area contributed by atoms with Crippen LogP contribution in [0.25, 0.3) is 11.1 Å². The number of carbonyl (C=O) groups excluding carboxylic acids is 1. The minimum Gasteiger partial charge on any atom is -0.442 e. The van der Waals surface area contributed by atoms with Crippen LogP contribution in [0.5, 0.6) is 0 Å². The highest BCUT2D eigenvalue weighted by atomic mass is 19.1. The molecule has 1 fully saturated rings. The van der Waals surface area contributed by atoms with Gasteiger partial charge in [-0.05, 0) is 44.8 Å². The first-order chi connectivity index (χ1) is 14.4. The maximum atomic E-state index is 13.9. The van der Waals surface area contributed by atoms with Gasteiger partial charge in [0.15, 0.2) is 0 Å². The quantitative estimate of drug-likeness (QED) is 0.697. The van der Waals surface area contributed by atoms with Gasteiger partial charge in [0.05, 0.1) is 5.56 Å². The van der Waals surface area contributed by atoms with Gasteiger partial charge in [-0.3, -0.25) is 14.5 Å². The van der Waals surface area contributed by atoms with Crippen LogP contribution >= 0.6 is 0 Å². The minimum absolute atomic E-state index is 0.171. The van der Waals surface area contributed by atoms with Crippen molar-refractivity contribution in [1.29, 1.82) is 0 Å². The Labute approximate surface area is 173 Å². The molecule has 158 valence electrons. The summed E-state index contributed by atoms with van der Waals surface area (Å²) in [5.74, 6) is 0.239. The Morgan fingerprint density at radius 3 is 2.77 bits per heavy atom. The van der Waals surface area contributed by atoms with Gasteiger partial charge in [0.1, 0.15) is 23.3 Å². The van der Waals surface area contributed by atoms with Crippen molar-refractivity contribution >= 4 is 17.0 Å². The fourth-order valence-electron chi connectivity index (χ4n) is 4.00. The van der Waals surface area contributed by atoms with E-state index in [2.05, 4.69) is 15.2 Å². The van der Waals surface area contributed by atoms with Gasteiger partial charge in [0.25, 0.3) is 11.5 Å². The van der Waals surface area contributed by atoms with Crippen LogP contribution in [0.2, 0.25) is 0 Å². The molecule has 1 amide bonds. The number of furan rings is 1. The van der Waals surface area contributed by atoms with Crippen LogP contribution in [0.4, 0.5) is 4.39 Å².